The minimum atomic E-state index is -0.791. The highest BCUT2D eigenvalue weighted by Crippen LogP contribution is 1.80. The molecule has 3 N–H and O–H groups in total. The Bertz CT molecular complexity index is 210. The van der Waals surface area contributed by atoms with Gasteiger partial charge in [0.05, 0.1) is 13.2 Å². The van der Waals surface area contributed by atoms with Crippen LogP contribution in [0.2, 0.25) is 0 Å². The summed E-state index contributed by atoms with van der Waals surface area (Å²) < 4.78 is 14.1. The van der Waals surface area contributed by atoms with E-state index in [0.717, 1.165) is 0 Å². The number of nitrogens with one attached hydrogen (secondary N) is 1. The summed E-state index contributed by atoms with van der Waals surface area (Å²) in [5.41, 5.74) is 4.75. The molecule has 0 aromatic heterocycles. The Labute approximate surface area is 94.2 Å². The fraction of sp³-hybridized carbons (Fsp3) is 0.778. The maximum Gasteiger partial charge on any atom is 0.404 e. The van der Waals surface area contributed by atoms with Gasteiger partial charge in [0.15, 0.2) is 0 Å². The zero-order valence-corrected chi connectivity index (χ0v) is 9.36. The third-order valence-corrected chi connectivity index (χ3v) is 1.47. The van der Waals surface area contributed by atoms with Gasteiger partial charge in [-0.2, -0.15) is 0 Å². The number of esters is 1. The minimum absolute atomic E-state index is 0.0483. The summed E-state index contributed by atoms with van der Waals surface area (Å²) in [6, 6.07) is 0. The molecule has 0 aliphatic heterocycles. The van der Waals surface area contributed by atoms with Crippen molar-refractivity contribution >= 4 is 12.1 Å². The van der Waals surface area contributed by atoms with Crippen molar-refractivity contribution in [2.75, 3.05) is 39.5 Å². The van der Waals surface area contributed by atoms with Crippen molar-refractivity contribution in [3.8, 4) is 0 Å². The van der Waals surface area contributed by atoms with E-state index in [4.69, 9.17) is 10.5 Å². The van der Waals surface area contributed by atoms with Gasteiger partial charge in [0, 0.05) is 13.1 Å². The predicted octanol–water partition coefficient (Wildman–Crippen LogP) is -0.749. The highest BCUT2D eigenvalue weighted by atomic mass is 16.6. The molecule has 0 bridgehead atoms. The Morgan fingerprint density at radius 1 is 1.19 bits per heavy atom. The summed E-state index contributed by atoms with van der Waals surface area (Å²) in [5, 5.41) is 2.94. The molecule has 16 heavy (non-hydrogen) atoms. The van der Waals surface area contributed by atoms with Crippen LogP contribution in [0.25, 0.3) is 0 Å². The second-order valence-corrected chi connectivity index (χ2v) is 2.78. The van der Waals surface area contributed by atoms with E-state index in [-0.39, 0.29) is 19.2 Å². The zero-order chi connectivity index (χ0) is 12.2. The number of carbonyl (C=O) groups is 2. The van der Waals surface area contributed by atoms with Gasteiger partial charge in [-0.25, -0.2) is 9.59 Å². The number of carbonyl (C=O) groups excluding carboxylic acids is 2. The molecule has 0 unspecified atom stereocenters. The number of rotatable bonds is 9. The monoisotopic (exact) mass is 234 g/mol. The fourth-order valence-corrected chi connectivity index (χ4v) is 0.851. The molecule has 1 amide bonds. The molecule has 7 heteroatoms. The van der Waals surface area contributed by atoms with Gasteiger partial charge in [-0.1, -0.05) is 0 Å². The van der Waals surface area contributed by atoms with Crippen molar-refractivity contribution in [1.82, 2.24) is 5.32 Å². The second kappa shape index (κ2) is 10.2. The first-order chi connectivity index (χ1) is 7.66. The lowest BCUT2D eigenvalue weighted by Gasteiger charge is -2.05. The van der Waals surface area contributed by atoms with E-state index >= 15 is 0 Å². The third kappa shape index (κ3) is 10.7. The Morgan fingerprint density at radius 2 is 1.88 bits per heavy atom. The predicted molar refractivity (Wildman–Crippen MR) is 55.9 cm³/mol. The topological polar surface area (TPSA) is 99.9 Å². The number of hydrogen-bond acceptors (Lipinski definition) is 6. The van der Waals surface area contributed by atoms with E-state index in [1.807, 2.05) is 0 Å². The molecule has 0 rings (SSSR count). The summed E-state index contributed by atoms with van der Waals surface area (Å²) in [6.07, 6.45) is -0.791. The van der Waals surface area contributed by atoms with Gasteiger partial charge in [0.2, 0.25) is 0 Å². The zero-order valence-electron chi connectivity index (χ0n) is 9.36. The Kier molecular flexibility index (Phi) is 9.33. The largest absolute Gasteiger partial charge is 0.464 e. The van der Waals surface area contributed by atoms with Gasteiger partial charge < -0.3 is 25.3 Å². The van der Waals surface area contributed by atoms with E-state index in [1.165, 1.54) is 0 Å². The highest BCUT2D eigenvalue weighted by Gasteiger charge is 2.00. The van der Waals surface area contributed by atoms with Gasteiger partial charge in [0.25, 0.3) is 0 Å². The van der Waals surface area contributed by atoms with Crippen LogP contribution in [0, 0.1) is 0 Å². The van der Waals surface area contributed by atoms with E-state index < -0.39 is 6.09 Å². The summed E-state index contributed by atoms with van der Waals surface area (Å²) in [5.74, 6) is -0.375. The molecule has 0 aromatic carbocycles. The van der Waals surface area contributed by atoms with Gasteiger partial charge in [-0.3, -0.25) is 0 Å². The third-order valence-electron chi connectivity index (χ3n) is 1.47. The summed E-state index contributed by atoms with van der Waals surface area (Å²) >= 11 is 0. The summed E-state index contributed by atoms with van der Waals surface area (Å²) in [7, 11) is 0. The van der Waals surface area contributed by atoms with Crippen LogP contribution >= 0.6 is 0 Å². The quantitative estimate of drug-likeness (QED) is 0.402. The van der Waals surface area contributed by atoms with Crippen molar-refractivity contribution in [2.24, 2.45) is 5.73 Å². The first kappa shape index (κ1) is 14.7. The van der Waals surface area contributed by atoms with Gasteiger partial charge in [-0.15, -0.1) is 0 Å². The maximum absolute atomic E-state index is 10.8. The van der Waals surface area contributed by atoms with E-state index in [2.05, 4.69) is 14.8 Å². The van der Waals surface area contributed by atoms with Crippen molar-refractivity contribution in [3.63, 3.8) is 0 Å². The molecular formula is C9H18N2O5. The SMILES string of the molecule is CCOC(=O)COCCNCCOC(N)=O. The van der Waals surface area contributed by atoms with Crippen LogP contribution in [-0.4, -0.2) is 51.6 Å². The van der Waals surface area contributed by atoms with Crippen LogP contribution in [0.5, 0.6) is 0 Å². The van der Waals surface area contributed by atoms with E-state index in [1.54, 1.807) is 6.92 Å². The van der Waals surface area contributed by atoms with E-state index in [9.17, 15) is 9.59 Å². The van der Waals surface area contributed by atoms with Crippen LogP contribution < -0.4 is 11.1 Å². The molecule has 7 nitrogen and oxygen atoms in total. The van der Waals surface area contributed by atoms with Crippen LogP contribution in [0.3, 0.4) is 0 Å². The molecule has 0 aromatic rings. The Morgan fingerprint density at radius 3 is 2.50 bits per heavy atom. The Hall–Kier alpha value is -1.34. The average molecular weight is 234 g/mol. The molecular weight excluding hydrogens is 216 g/mol. The van der Waals surface area contributed by atoms with Crippen molar-refractivity contribution in [3.05, 3.63) is 0 Å². The van der Waals surface area contributed by atoms with Crippen LogP contribution in [0.4, 0.5) is 4.79 Å². The number of hydrogen-bond donors (Lipinski definition) is 2. The molecule has 0 fully saturated rings. The van der Waals surface area contributed by atoms with Crippen LogP contribution in [0.15, 0.2) is 0 Å². The lowest BCUT2D eigenvalue weighted by atomic mass is 10.6. The number of ether oxygens (including phenoxy) is 3. The fourth-order valence-electron chi connectivity index (χ4n) is 0.851. The summed E-state index contributed by atoms with van der Waals surface area (Å²) in [4.78, 5) is 21.0. The van der Waals surface area contributed by atoms with Gasteiger partial charge in [-0.05, 0) is 6.92 Å². The van der Waals surface area contributed by atoms with Gasteiger partial charge >= 0.3 is 12.1 Å². The molecule has 0 radical (unpaired) electrons. The Balaban J connectivity index is 3.09. The number of amides is 1. The number of nitrogens with two attached hydrogens (primary N) is 1. The maximum atomic E-state index is 10.8. The van der Waals surface area contributed by atoms with Crippen molar-refractivity contribution in [1.29, 1.82) is 0 Å². The minimum Gasteiger partial charge on any atom is -0.464 e. The first-order valence-corrected chi connectivity index (χ1v) is 5.03. The molecule has 0 heterocycles. The lowest BCUT2D eigenvalue weighted by Crippen LogP contribution is -2.27. The molecule has 94 valence electrons. The first-order valence-electron chi connectivity index (χ1n) is 5.03. The standard InChI is InChI=1S/C9H18N2O5/c1-2-15-8(12)7-14-5-3-11-4-6-16-9(10)13/h11H,2-7H2,1H3,(H2,10,13). The average Bonchev–Trinajstić information content (AvgIpc) is 2.22. The summed E-state index contributed by atoms with van der Waals surface area (Å²) in [6.45, 7) is 3.69. The second-order valence-electron chi connectivity index (χ2n) is 2.78. The molecule has 0 saturated carbocycles. The normalized spacial score (nSPS) is 9.81. The molecule has 0 spiro atoms. The molecule has 0 aliphatic rings. The van der Waals surface area contributed by atoms with Crippen molar-refractivity contribution < 1.29 is 23.8 Å². The lowest BCUT2D eigenvalue weighted by molar-refractivity contribution is -0.148. The van der Waals surface area contributed by atoms with E-state index in [0.29, 0.717) is 26.3 Å². The molecule has 0 atom stereocenters. The highest BCUT2D eigenvalue weighted by molar-refractivity contribution is 5.70. The number of primary amides is 1. The van der Waals surface area contributed by atoms with Gasteiger partial charge in [0.1, 0.15) is 13.2 Å². The molecule has 0 aliphatic carbocycles. The molecule has 0 saturated heterocycles. The van der Waals surface area contributed by atoms with Crippen LogP contribution in [-0.2, 0) is 19.0 Å². The smallest absolute Gasteiger partial charge is 0.404 e. The van der Waals surface area contributed by atoms with Crippen LogP contribution in [0.1, 0.15) is 6.92 Å². The van der Waals surface area contributed by atoms with Crippen molar-refractivity contribution in [2.45, 2.75) is 6.92 Å².